The van der Waals surface area contributed by atoms with Gasteiger partial charge in [-0.3, -0.25) is 4.79 Å². The van der Waals surface area contributed by atoms with Gasteiger partial charge in [0.2, 0.25) is 11.7 Å². The summed E-state index contributed by atoms with van der Waals surface area (Å²) < 4.78 is 45.5. The lowest BCUT2D eigenvalue weighted by Crippen LogP contribution is -2.38. The average Bonchev–Trinajstić information content (AvgIpc) is 3.47. The number of aliphatic hydroxyl groups is 1. The van der Waals surface area contributed by atoms with Crippen LogP contribution in [-0.4, -0.2) is 43.6 Å². The van der Waals surface area contributed by atoms with Crippen LogP contribution in [0.3, 0.4) is 0 Å². The number of alkyl halides is 2. The Hall–Kier alpha value is -3.78. The van der Waals surface area contributed by atoms with Gasteiger partial charge in [0.25, 0.3) is 12.3 Å². The molecule has 0 radical (unpaired) electrons. The van der Waals surface area contributed by atoms with Gasteiger partial charge < -0.3 is 19.7 Å². The molecule has 180 valence electrons. The zero-order chi connectivity index (χ0) is 24.8. The Bertz CT molecular complexity index is 1250. The van der Waals surface area contributed by atoms with Crippen LogP contribution in [0.1, 0.15) is 61.9 Å². The topological polar surface area (TPSA) is 95.9 Å². The summed E-state index contributed by atoms with van der Waals surface area (Å²) in [6.45, 7) is 5.50. The molecule has 0 saturated carbocycles. The highest BCUT2D eigenvalue weighted by molar-refractivity contribution is 5.93. The number of nitrogens with zero attached hydrogens (tertiary/aromatic N) is 4. The summed E-state index contributed by atoms with van der Waals surface area (Å²) in [6, 6.07) is 7.42. The molecule has 0 fully saturated rings. The highest BCUT2D eigenvalue weighted by atomic mass is 19.3. The molecule has 3 aromatic heterocycles. The van der Waals surface area contributed by atoms with Gasteiger partial charge in [0.05, 0.1) is 6.20 Å². The van der Waals surface area contributed by atoms with E-state index in [9.17, 15) is 23.1 Å². The van der Waals surface area contributed by atoms with Crippen LogP contribution >= 0.6 is 0 Å². The SMILES string of the molecule is CC#CNC1=C(C)CN(C(=O)c2oc(C(C)O)nc2C(F)F)CC1.Fc1cccn2nccc12. The Morgan fingerprint density at radius 1 is 1.35 bits per heavy atom. The minimum atomic E-state index is -2.96. The lowest BCUT2D eigenvalue weighted by molar-refractivity contribution is 0.0706. The maximum Gasteiger partial charge on any atom is 0.292 e. The van der Waals surface area contributed by atoms with Crippen molar-refractivity contribution in [2.45, 2.75) is 39.7 Å². The van der Waals surface area contributed by atoms with E-state index in [0.717, 1.165) is 11.3 Å². The van der Waals surface area contributed by atoms with E-state index in [-0.39, 0.29) is 18.3 Å². The monoisotopic (exact) mass is 475 g/mol. The highest BCUT2D eigenvalue weighted by Gasteiger charge is 2.32. The van der Waals surface area contributed by atoms with Crippen LogP contribution in [0.5, 0.6) is 0 Å². The Balaban J connectivity index is 0.000000266. The molecule has 0 spiro atoms. The fourth-order valence-corrected chi connectivity index (χ4v) is 3.29. The number of pyridine rings is 1. The minimum absolute atomic E-state index is 0.236. The lowest BCUT2D eigenvalue weighted by atomic mass is 10.1. The van der Waals surface area contributed by atoms with Crippen molar-refractivity contribution in [3.8, 4) is 12.0 Å². The minimum Gasteiger partial charge on any atom is -0.432 e. The van der Waals surface area contributed by atoms with Crippen LogP contribution in [0.2, 0.25) is 0 Å². The molecular formula is C23H24F3N5O3. The summed E-state index contributed by atoms with van der Waals surface area (Å²) in [4.78, 5) is 17.5. The number of aromatic nitrogens is 3. The molecule has 1 amide bonds. The molecule has 11 heteroatoms. The van der Waals surface area contributed by atoms with E-state index in [2.05, 4.69) is 27.4 Å². The third kappa shape index (κ3) is 5.58. The first-order chi connectivity index (χ1) is 16.2. The average molecular weight is 475 g/mol. The number of halogens is 3. The van der Waals surface area contributed by atoms with Gasteiger partial charge in [-0.15, -0.1) is 0 Å². The van der Waals surface area contributed by atoms with E-state index in [1.807, 2.05) is 6.92 Å². The Morgan fingerprint density at radius 2 is 2.12 bits per heavy atom. The zero-order valence-electron chi connectivity index (χ0n) is 18.8. The first kappa shape index (κ1) is 24.9. The maximum absolute atomic E-state index is 13.1. The molecule has 0 bridgehead atoms. The molecule has 3 aromatic rings. The number of rotatable bonds is 4. The van der Waals surface area contributed by atoms with Gasteiger partial charge in [0, 0.05) is 37.4 Å². The summed E-state index contributed by atoms with van der Waals surface area (Å²) in [6.07, 6.45) is -0.320. The smallest absolute Gasteiger partial charge is 0.292 e. The van der Waals surface area contributed by atoms with Gasteiger partial charge >= 0.3 is 0 Å². The van der Waals surface area contributed by atoms with E-state index in [1.54, 1.807) is 31.5 Å². The van der Waals surface area contributed by atoms with E-state index in [0.29, 0.717) is 18.5 Å². The van der Waals surface area contributed by atoms with Crippen LogP contribution in [0.15, 0.2) is 46.3 Å². The molecule has 4 rings (SSSR count). The first-order valence-electron chi connectivity index (χ1n) is 10.4. The van der Waals surface area contributed by atoms with Crippen molar-refractivity contribution >= 4 is 11.4 Å². The van der Waals surface area contributed by atoms with Gasteiger partial charge in [-0.1, -0.05) is 5.92 Å². The van der Waals surface area contributed by atoms with Crippen molar-refractivity contribution in [3.63, 3.8) is 0 Å². The summed E-state index contributed by atoms with van der Waals surface area (Å²) in [5.74, 6) is 1.02. The fourth-order valence-electron chi connectivity index (χ4n) is 3.29. The fraction of sp³-hybridized carbons (Fsp3) is 0.348. The van der Waals surface area contributed by atoms with Crippen molar-refractivity contribution in [3.05, 3.63) is 65.0 Å². The molecule has 1 unspecified atom stereocenters. The van der Waals surface area contributed by atoms with Crippen molar-refractivity contribution in [2.75, 3.05) is 13.1 Å². The quantitative estimate of drug-likeness (QED) is 0.440. The Morgan fingerprint density at radius 3 is 2.74 bits per heavy atom. The van der Waals surface area contributed by atoms with Crippen LogP contribution in [0.4, 0.5) is 13.2 Å². The molecule has 8 nitrogen and oxygen atoms in total. The Labute approximate surface area is 194 Å². The maximum atomic E-state index is 13.1. The van der Waals surface area contributed by atoms with Crippen LogP contribution in [0.25, 0.3) is 5.52 Å². The van der Waals surface area contributed by atoms with E-state index in [1.165, 1.54) is 22.4 Å². The second kappa shape index (κ2) is 10.9. The number of aliphatic hydroxyl groups excluding tert-OH is 1. The standard InChI is InChI=1S/C16H19F2N3O3.C7H5FN2/c1-4-6-19-11-5-7-21(8-9(11)2)16(23)13-12(14(17)18)20-15(24-13)10(3)22;8-6-2-1-5-10-7(6)3-4-9-10/h10,14,19,22H,5,7-8H2,1-3H3;1-5H. The van der Waals surface area contributed by atoms with Gasteiger partial charge in [0.15, 0.2) is 5.69 Å². The highest BCUT2D eigenvalue weighted by Crippen LogP contribution is 2.28. The summed E-state index contributed by atoms with van der Waals surface area (Å²) >= 11 is 0. The number of amides is 1. The van der Waals surface area contributed by atoms with Crippen LogP contribution in [-0.2, 0) is 0 Å². The Kier molecular flexibility index (Phi) is 7.96. The van der Waals surface area contributed by atoms with Crippen LogP contribution in [0, 0.1) is 17.8 Å². The van der Waals surface area contributed by atoms with Gasteiger partial charge in [0.1, 0.15) is 17.4 Å². The normalized spacial score (nSPS) is 14.4. The number of hydrogen-bond donors (Lipinski definition) is 2. The van der Waals surface area contributed by atoms with Gasteiger partial charge in [-0.05, 0) is 44.5 Å². The number of hydrogen-bond acceptors (Lipinski definition) is 6. The largest absolute Gasteiger partial charge is 0.432 e. The molecule has 4 heterocycles. The molecule has 0 aliphatic carbocycles. The molecule has 1 atom stereocenters. The van der Waals surface area contributed by atoms with E-state index >= 15 is 0 Å². The summed E-state index contributed by atoms with van der Waals surface area (Å²) in [5.41, 5.74) is 1.59. The van der Waals surface area contributed by atoms with E-state index in [4.69, 9.17) is 4.42 Å². The summed E-state index contributed by atoms with van der Waals surface area (Å²) in [5, 5.41) is 16.3. The van der Waals surface area contributed by atoms with Gasteiger partial charge in [-0.2, -0.15) is 5.10 Å². The summed E-state index contributed by atoms with van der Waals surface area (Å²) in [7, 11) is 0. The number of oxazole rings is 1. The van der Waals surface area contributed by atoms with Crippen molar-refractivity contribution < 1.29 is 27.5 Å². The van der Waals surface area contributed by atoms with Crippen molar-refractivity contribution in [1.82, 2.24) is 24.8 Å². The molecule has 0 saturated heterocycles. The second-order valence-corrected chi connectivity index (χ2v) is 7.50. The molecule has 2 N–H and O–H groups in total. The molecule has 1 aliphatic heterocycles. The molecule has 0 aromatic carbocycles. The number of fused-ring (bicyclic) bond motifs is 1. The number of nitrogens with one attached hydrogen (secondary N) is 1. The third-order valence-electron chi connectivity index (χ3n) is 5.01. The lowest BCUT2D eigenvalue weighted by Gasteiger charge is -2.28. The first-order valence-corrected chi connectivity index (χ1v) is 10.4. The van der Waals surface area contributed by atoms with Gasteiger partial charge in [-0.25, -0.2) is 22.7 Å². The van der Waals surface area contributed by atoms with Crippen LogP contribution < -0.4 is 5.32 Å². The molecule has 1 aliphatic rings. The van der Waals surface area contributed by atoms with E-state index < -0.39 is 29.9 Å². The predicted octanol–water partition coefficient (Wildman–Crippen LogP) is 3.83. The van der Waals surface area contributed by atoms with Crippen molar-refractivity contribution in [1.29, 1.82) is 0 Å². The zero-order valence-corrected chi connectivity index (χ0v) is 18.8. The van der Waals surface area contributed by atoms with Crippen molar-refractivity contribution in [2.24, 2.45) is 0 Å². The molecular weight excluding hydrogens is 451 g/mol. The second-order valence-electron chi connectivity index (χ2n) is 7.50. The third-order valence-corrected chi connectivity index (χ3v) is 5.01. The number of carbonyl (C=O) groups excluding carboxylic acids is 1. The predicted molar refractivity (Wildman–Crippen MR) is 117 cm³/mol. The molecule has 34 heavy (non-hydrogen) atoms. The number of carbonyl (C=O) groups is 1.